The Kier molecular flexibility index (Phi) is 4.55. The molecule has 0 saturated carbocycles. The molecular weight excluding hydrogens is 154 g/mol. The first-order valence-corrected chi connectivity index (χ1v) is 4.21. The van der Waals surface area contributed by atoms with E-state index in [2.05, 4.69) is 5.32 Å². The Hall–Kier alpha value is -0.860. The lowest BCUT2D eigenvalue weighted by Gasteiger charge is -2.16. The van der Waals surface area contributed by atoms with Crippen molar-refractivity contribution in [1.82, 2.24) is 5.32 Å². The Bertz CT molecular complexity index is 175. The van der Waals surface area contributed by atoms with Gasteiger partial charge in [-0.2, -0.15) is 0 Å². The Morgan fingerprint density at radius 1 is 1.25 bits per heavy atom. The fraction of sp³-hybridized carbons (Fsp3) is 0.778. The van der Waals surface area contributed by atoms with Crippen molar-refractivity contribution in [1.29, 1.82) is 0 Å². The van der Waals surface area contributed by atoms with Crippen LogP contribution >= 0.6 is 0 Å². The van der Waals surface area contributed by atoms with E-state index in [9.17, 15) is 9.59 Å². The molecule has 0 aliphatic rings. The minimum absolute atomic E-state index is 0.0268. The number of carbonyl (C=O) groups excluding carboxylic acids is 2. The highest BCUT2D eigenvalue weighted by atomic mass is 16.2. The molecule has 1 amide bonds. The number of carbonyl (C=O) groups is 2. The molecule has 3 nitrogen and oxygen atoms in total. The highest BCUT2D eigenvalue weighted by Crippen LogP contribution is 2.05. The number of rotatable bonds is 4. The van der Waals surface area contributed by atoms with Gasteiger partial charge in [0.15, 0.2) is 5.78 Å². The first-order chi connectivity index (χ1) is 5.43. The van der Waals surface area contributed by atoms with Crippen molar-refractivity contribution in [3.63, 3.8) is 0 Å². The molecule has 0 spiro atoms. The summed E-state index contributed by atoms with van der Waals surface area (Å²) < 4.78 is 0. The summed E-state index contributed by atoms with van der Waals surface area (Å²) in [5, 5.41) is 2.62. The van der Waals surface area contributed by atoms with Gasteiger partial charge in [-0.15, -0.1) is 0 Å². The van der Waals surface area contributed by atoms with Crippen LogP contribution in [0.4, 0.5) is 0 Å². The van der Waals surface area contributed by atoms with Crippen LogP contribution in [0.15, 0.2) is 0 Å². The van der Waals surface area contributed by atoms with Gasteiger partial charge < -0.3 is 5.32 Å². The van der Waals surface area contributed by atoms with Gasteiger partial charge in [0.25, 0.3) is 0 Å². The second-order valence-corrected chi connectivity index (χ2v) is 3.49. The van der Waals surface area contributed by atoms with Gasteiger partial charge in [-0.05, 0) is 19.3 Å². The van der Waals surface area contributed by atoms with E-state index in [1.807, 2.05) is 13.8 Å². The SMILES string of the molecule is CC(=O)N[C@@H](CC(C)C)C(C)=O. The van der Waals surface area contributed by atoms with Crippen molar-refractivity contribution in [2.24, 2.45) is 5.92 Å². The summed E-state index contributed by atoms with van der Waals surface area (Å²) >= 11 is 0. The van der Waals surface area contributed by atoms with Crippen molar-refractivity contribution in [2.75, 3.05) is 0 Å². The summed E-state index contributed by atoms with van der Waals surface area (Å²) in [4.78, 5) is 21.7. The highest BCUT2D eigenvalue weighted by Gasteiger charge is 2.15. The third-order valence-electron chi connectivity index (χ3n) is 1.58. The van der Waals surface area contributed by atoms with Crippen molar-refractivity contribution in [3.8, 4) is 0 Å². The smallest absolute Gasteiger partial charge is 0.217 e. The number of hydrogen-bond acceptors (Lipinski definition) is 2. The summed E-state index contributed by atoms with van der Waals surface area (Å²) in [6.07, 6.45) is 0.717. The molecule has 70 valence electrons. The Morgan fingerprint density at radius 2 is 1.75 bits per heavy atom. The molecule has 0 heterocycles. The molecule has 0 aliphatic carbocycles. The van der Waals surface area contributed by atoms with E-state index in [0.717, 1.165) is 6.42 Å². The summed E-state index contributed by atoms with van der Waals surface area (Å²) in [6, 6.07) is -0.303. The number of ketones is 1. The van der Waals surface area contributed by atoms with Gasteiger partial charge in [0.2, 0.25) is 5.91 Å². The zero-order valence-electron chi connectivity index (χ0n) is 8.18. The van der Waals surface area contributed by atoms with Gasteiger partial charge in [0.1, 0.15) is 0 Å². The van der Waals surface area contributed by atoms with Crippen LogP contribution in [0.1, 0.15) is 34.1 Å². The molecule has 0 aliphatic heterocycles. The van der Waals surface area contributed by atoms with Crippen LogP contribution in [0.2, 0.25) is 0 Å². The van der Waals surface area contributed by atoms with Gasteiger partial charge >= 0.3 is 0 Å². The van der Waals surface area contributed by atoms with Crippen LogP contribution in [0.25, 0.3) is 0 Å². The molecule has 0 aromatic rings. The highest BCUT2D eigenvalue weighted by molar-refractivity contribution is 5.86. The maximum Gasteiger partial charge on any atom is 0.217 e. The van der Waals surface area contributed by atoms with Crippen LogP contribution in [0.5, 0.6) is 0 Å². The average molecular weight is 171 g/mol. The third kappa shape index (κ3) is 4.88. The Balaban J connectivity index is 4.04. The van der Waals surface area contributed by atoms with Crippen LogP contribution in [-0.4, -0.2) is 17.7 Å². The molecule has 1 atom stereocenters. The molecule has 0 aromatic carbocycles. The van der Waals surface area contributed by atoms with E-state index in [-0.39, 0.29) is 17.7 Å². The number of amides is 1. The van der Waals surface area contributed by atoms with Gasteiger partial charge in [-0.3, -0.25) is 9.59 Å². The minimum atomic E-state index is -0.303. The summed E-state index contributed by atoms with van der Waals surface area (Å²) in [7, 11) is 0. The molecule has 0 aromatic heterocycles. The first-order valence-electron chi connectivity index (χ1n) is 4.21. The summed E-state index contributed by atoms with van der Waals surface area (Å²) in [5.74, 6) is 0.306. The quantitative estimate of drug-likeness (QED) is 0.689. The van der Waals surface area contributed by atoms with Crippen LogP contribution in [-0.2, 0) is 9.59 Å². The fourth-order valence-electron chi connectivity index (χ4n) is 1.04. The standard InChI is InChI=1S/C9H17NO2/c1-6(2)5-9(7(3)11)10-8(4)12/h6,9H,5H2,1-4H3,(H,10,12)/t9-/m0/s1. The first kappa shape index (κ1) is 11.1. The van der Waals surface area contributed by atoms with E-state index in [4.69, 9.17) is 0 Å². The predicted molar refractivity (Wildman–Crippen MR) is 47.7 cm³/mol. The second-order valence-electron chi connectivity index (χ2n) is 3.49. The maximum atomic E-state index is 11.0. The van der Waals surface area contributed by atoms with E-state index in [1.54, 1.807) is 0 Å². The molecule has 1 N–H and O–H groups in total. The van der Waals surface area contributed by atoms with Crippen LogP contribution in [0, 0.1) is 5.92 Å². The van der Waals surface area contributed by atoms with Crippen LogP contribution < -0.4 is 5.32 Å². The van der Waals surface area contributed by atoms with E-state index < -0.39 is 0 Å². The largest absolute Gasteiger partial charge is 0.347 e. The molecular formula is C9H17NO2. The second kappa shape index (κ2) is 4.91. The fourth-order valence-corrected chi connectivity index (χ4v) is 1.04. The molecule has 12 heavy (non-hydrogen) atoms. The maximum absolute atomic E-state index is 11.0. The lowest BCUT2D eigenvalue weighted by Crippen LogP contribution is -2.39. The third-order valence-corrected chi connectivity index (χ3v) is 1.58. The van der Waals surface area contributed by atoms with Crippen LogP contribution in [0.3, 0.4) is 0 Å². The monoisotopic (exact) mass is 171 g/mol. The van der Waals surface area contributed by atoms with E-state index >= 15 is 0 Å². The topological polar surface area (TPSA) is 46.2 Å². The Labute approximate surface area is 73.5 Å². The van der Waals surface area contributed by atoms with Gasteiger partial charge in [-0.1, -0.05) is 13.8 Å². The zero-order valence-corrected chi connectivity index (χ0v) is 8.18. The van der Waals surface area contributed by atoms with Crippen molar-refractivity contribution < 1.29 is 9.59 Å². The Morgan fingerprint density at radius 3 is 2.00 bits per heavy atom. The minimum Gasteiger partial charge on any atom is -0.347 e. The molecule has 3 heteroatoms. The van der Waals surface area contributed by atoms with E-state index in [0.29, 0.717) is 5.92 Å². The molecule has 0 unspecified atom stereocenters. The van der Waals surface area contributed by atoms with Crippen molar-refractivity contribution >= 4 is 11.7 Å². The zero-order chi connectivity index (χ0) is 9.72. The predicted octanol–water partition coefficient (Wildman–Crippen LogP) is 1.13. The summed E-state index contributed by atoms with van der Waals surface area (Å²) in [5.41, 5.74) is 0. The van der Waals surface area contributed by atoms with Crippen molar-refractivity contribution in [3.05, 3.63) is 0 Å². The molecule has 0 saturated heterocycles. The van der Waals surface area contributed by atoms with Crippen molar-refractivity contribution in [2.45, 2.75) is 40.2 Å². The lowest BCUT2D eigenvalue weighted by atomic mass is 10.0. The number of Topliss-reactive ketones (excluding diaryl/α,β-unsaturated/α-hetero) is 1. The lowest BCUT2D eigenvalue weighted by molar-refractivity contribution is -0.125. The van der Waals surface area contributed by atoms with E-state index in [1.165, 1.54) is 13.8 Å². The normalized spacial score (nSPS) is 12.8. The molecule has 0 bridgehead atoms. The molecule has 0 radical (unpaired) electrons. The van der Waals surface area contributed by atoms with Gasteiger partial charge in [0, 0.05) is 6.92 Å². The molecule has 0 rings (SSSR count). The van der Waals surface area contributed by atoms with Gasteiger partial charge in [0.05, 0.1) is 6.04 Å². The number of nitrogens with one attached hydrogen (secondary N) is 1. The van der Waals surface area contributed by atoms with Gasteiger partial charge in [-0.25, -0.2) is 0 Å². The molecule has 0 fully saturated rings. The number of hydrogen-bond donors (Lipinski definition) is 1. The average Bonchev–Trinajstić information content (AvgIpc) is 1.83. The summed E-state index contributed by atoms with van der Waals surface area (Å²) in [6.45, 7) is 6.98.